The van der Waals surface area contributed by atoms with Gasteiger partial charge in [0.25, 0.3) is 5.91 Å². The SMILES string of the molecule is C\C=C/C(=C\C=C(/C)Cc1nc(-c2ccc(Cl)cc2Cl)cn1-c1ccc(N2CC(=O)NS2=O)c(Cl)c1)C(/C=C\CCCCCCCCC)=C/C. The van der Waals surface area contributed by atoms with Gasteiger partial charge < -0.3 is 4.57 Å². The molecule has 3 aromatic rings. The summed E-state index contributed by atoms with van der Waals surface area (Å²) in [5, 5.41) is 1.41. The van der Waals surface area contributed by atoms with Crippen molar-refractivity contribution in [3.63, 3.8) is 0 Å². The zero-order chi connectivity index (χ0) is 36.0. The molecule has 0 saturated carbocycles. The molecule has 1 aliphatic rings. The Morgan fingerprint density at radius 2 is 1.70 bits per heavy atom. The zero-order valence-corrected chi connectivity index (χ0v) is 32.4. The molecule has 0 spiro atoms. The van der Waals surface area contributed by atoms with Crippen LogP contribution in [0.25, 0.3) is 16.9 Å². The Morgan fingerprint density at radius 3 is 2.36 bits per heavy atom. The van der Waals surface area contributed by atoms with E-state index < -0.39 is 11.2 Å². The minimum atomic E-state index is -1.68. The predicted octanol–water partition coefficient (Wildman–Crippen LogP) is 11.6. The first kappa shape index (κ1) is 39.4. The van der Waals surface area contributed by atoms with E-state index in [0.717, 1.165) is 34.6 Å². The van der Waals surface area contributed by atoms with Crippen LogP contribution in [0.5, 0.6) is 0 Å². The Hall–Kier alpha value is -3.36. The number of rotatable bonds is 17. The third-order valence-corrected chi connectivity index (χ3v) is 10.4. The molecule has 2 aromatic carbocycles. The fourth-order valence-electron chi connectivity index (χ4n) is 5.75. The molecule has 266 valence electrons. The quantitative estimate of drug-likeness (QED) is 0.110. The highest BCUT2D eigenvalue weighted by atomic mass is 35.5. The molecule has 0 radical (unpaired) electrons. The number of nitrogens with one attached hydrogen (secondary N) is 1. The van der Waals surface area contributed by atoms with Crippen LogP contribution >= 0.6 is 34.8 Å². The second-order valence-electron chi connectivity index (χ2n) is 12.4. The van der Waals surface area contributed by atoms with Crippen LogP contribution in [-0.2, 0) is 22.4 Å². The Balaban J connectivity index is 1.58. The maximum Gasteiger partial charge on any atom is 0.253 e. The molecule has 1 aliphatic heterocycles. The van der Waals surface area contributed by atoms with Crippen LogP contribution < -0.4 is 9.03 Å². The van der Waals surface area contributed by atoms with Crippen LogP contribution in [0.2, 0.25) is 15.1 Å². The third-order valence-electron chi connectivity index (χ3n) is 8.40. The van der Waals surface area contributed by atoms with Crippen LogP contribution in [0, 0.1) is 0 Å². The van der Waals surface area contributed by atoms with Gasteiger partial charge in [0.15, 0.2) is 0 Å². The molecule has 1 amide bonds. The summed E-state index contributed by atoms with van der Waals surface area (Å²) in [6.45, 7) is 8.43. The van der Waals surface area contributed by atoms with E-state index in [4.69, 9.17) is 39.8 Å². The second kappa shape index (κ2) is 19.9. The van der Waals surface area contributed by atoms with Gasteiger partial charge in [0, 0.05) is 28.9 Å². The van der Waals surface area contributed by atoms with Gasteiger partial charge in [0.1, 0.15) is 12.4 Å². The number of imidazole rings is 1. The second-order valence-corrected chi connectivity index (χ2v) is 14.7. The van der Waals surface area contributed by atoms with Crippen LogP contribution in [0.1, 0.15) is 84.9 Å². The monoisotopic (exact) mass is 752 g/mol. The highest BCUT2D eigenvalue weighted by molar-refractivity contribution is 7.85. The summed E-state index contributed by atoms with van der Waals surface area (Å²) in [5.74, 6) is 0.465. The van der Waals surface area contributed by atoms with E-state index in [1.54, 1.807) is 24.3 Å². The molecule has 10 heteroatoms. The van der Waals surface area contributed by atoms with Gasteiger partial charge in [0.05, 0.1) is 21.4 Å². The first-order valence-corrected chi connectivity index (χ1v) is 19.5. The van der Waals surface area contributed by atoms with Crippen molar-refractivity contribution in [3.05, 3.63) is 123 Å². The molecule has 4 rings (SSSR count). The molecule has 1 N–H and O–H groups in total. The average Bonchev–Trinajstić information content (AvgIpc) is 3.65. The Kier molecular flexibility index (Phi) is 15.7. The molecule has 0 aliphatic carbocycles. The number of allylic oxidation sites excluding steroid dienone is 10. The smallest absolute Gasteiger partial charge is 0.253 e. The molecule has 6 nitrogen and oxygen atoms in total. The largest absolute Gasteiger partial charge is 0.303 e. The van der Waals surface area contributed by atoms with E-state index >= 15 is 0 Å². The fourth-order valence-corrected chi connectivity index (χ4v) is 7.52. The topological polar surface area (TPSA) is 67.2 Å². The van der Waals surface area contributed by atoms with Crippen molar-refractivity contribution in [2.45, 2.75) is 85.5 Å². The van der Waals surface area contributed by atoms with E-state index in [9.17, 15) is 9.00 Å². The number of nitrogens with zero attached hydrogens (tertiary/aromatic N) is 3. The first-order chi connectivity index (χ1) is 24.1. The van der Waals surface area contributed by atoms with Gasteiger partial charge in [-0.05, 0) is 81.2 Å². The van der Waals surface area contributed by atoms with Crippen molar-refractivity contribution in [1.29, 1.82) is 0 Å². The Morgan fingerprint density at radius 1 is 0.940 bits per heavy atom. The van der Waals surface area contributed by atoms with E-state index in [1.165, 1.54) is 54.8 Å². The number of anilines is 1. The van der Waals surface area contributed by atoms with Crippen molar-refractivity contribution in [3.8, 4) is 16.9 Å². The summed E-state index contributed by atoms with van der Waals surface area (Å²) >= 11 is 17.8. The van der Waals surface area contributed by atoms with E-state index in [1.807, 2.05) is 29.8 Å². The number of halogens is 3. The molecule has 1 atom stereocenters. The lowest BCUT2D eigenvalue weighted by Crippen LogP contribution is -2.22. The number of amides is 1. The van der Waals surface area contributed by atoms with Gasteiger partial charge in [0.2, 0.25) is 11.2 Å². The number of hydrogen-bond acceptors (Lipinski definition) is 3. The minimum Gasteiger partial charge on any atom is -0.303 e. The summed E-state index contributed by atoms with van der Waals surface area (Å²) < 4.78 is 18.2. The Labute approximate surface area is 315 Å². The summed E-state index contributed by atoms with van der Waals surface area (Å²) in [6.07, 6.45) is 27.9. The lowest BCUT2D eigenvalue weighted by atomic mass is 10.0. The molecule has 50 heavy (non-hydrogen) atoms. The number of hydrogen-bond donors (Lipinski definition) is 1. The first-order valence-electron chi connectivity index (χ1n) is 17.3. The molecule has 1 saturated heterocycles. The normalized spacial score (nSPS) is 16.0. The highest BCUT2D eigenvalue weighted by Crippen LogP contribution is 2.34. The van der Waals surface area contributed by atoms with Gasteiger partial charge in [-0.1, -0.05) is 128 Å². The minimum absolute atomic E-state index is 0.0299. The summed E-state index contributed by atoms with van der Waals surface area (Å²) in [6, 6.07) is 10.8. The van der Waals surface area contributed by atoms with Crippen LogP contribution in [0.3, 0.4) is 0 Å². The number of unbranched alkanes of at least 4 members (excludes halogenated alkanes) is 7. The maximum absolute atomic E-state index is 12.4. The van der Waals surface area contributed by atoms with Gasteiger partial charge in [-0.2, -0.15) is 0 Å². The maximum atomic E-state index is 12.4. The molecular weight excluding hydrogens is 707 g/mol. The average molecular weight is 754 g/mol. The zero-order valence-electron chi connectivity index (χ0n) is 29.4. The molecule has 1 unspecified atom stereocenters. The van der Waals surface area contributed by atoms with Gasteiger partial charge in [-0.3, -0.25) is 13.8 Å². The molecule has 1 fully saturated rings. The van der Waals surface area contributed by atoms with Gasteiger partial charge >= 0.3 is 0 Å². The number of aromatic nitrogens is 2. The van der Waals surface area contributed by atoms with Crippen molar-refractivity contribution < 1.29 is 9.00 Å². The molecule has 1 aromatic heterocycles. The van der Waals surface area contributed by atoms with Gasteiger partial charge in [-0.15, -0.1) is 0 Å². The van der Waals surface area contributed by atoms with Crippen molar-refractivity contribution in [2.75, 3.05) is 10.8 Å². The van der Waals surface area contributed by atoms with Crippen molar-refractivity contribution >= 4 is 57.6 Å². The molecular formula is C40H47Cl3N4O2S. The van der Waals surface area contributed by atoms with Crippen molar-refractivity contribution in [2.24, 2.45) is 0 Å². The lowest BCUT2D eigenvalue weighted by molar-refractivity contribution is -0.117. The van der Waals surface area contributed by atoms with Crippen LogP contribution in [0.15, 0.2) is 102 Å². The standard InChI is InChI=1S/C40H47Cl3N4O2S/c1-5-8-9-10-11-12-13-14-15-17-30(7-3)31(16-6-2)19-18-29(4)24-39-44-37(34-22-20-32(41)25-35(34)42)27-46(39)33-21-23-38(36(43)26-33)47-28-40(48)45-50(47)49/h6-7,15-23,25-27H,5,8-14,24,28H2,1-4H3,(H,45,48)/b16-6-,17-15-,29-18+,30-7+,31-19+. The lowest BCUT2D eigenvalue weighted by Gasteiger charge is -2.17. The molecule has 0 bridgehead atoms. The van der Waals surface area contributed by atoms with E-state index in [0.29, 0.717) is 32.9 Å². The van der Waals surface area contributed by atoms with Gasteiger partial charge in [-0.25, -0.2) is 9.19 Å². The fraction of sp³-hybridized carbons (Fsp3) is 0.350. The highest BCUT2D eigenvalue weighted by Gasteiger charge is 2.28. The number of carbonyl (C=O) groups is 1. The number of carbonyl (C=O) groups excluding carboxylic acids is 1. The Bertz CT molecular complexity index is 1820. The summed E-state index contributed by atoms with van der Waals surface area (Å²) in [5.41, 5.74) is 6.14. The predicted molar refractivity (Wildman–Crippen MR) is 214 cm³/mol. The summed E-state index contributed by atoms with van der Waals surface area (Å²) in [7, 11) is 0. The molecule has 2 heterocycles. The van der Waals surface area contributed by atoms with Crippen LogP contribution in [-0.4, -0.2) is 26.2 Å². The third kappa shape index (κ3) is 11.1. The van der Waals surface area contributed by atoms with E-state index in [2.05, 4.69) is 68.0 Å². The summed E-state index contributed by atoms with van der Waals surface area (Å²) in [4.78, 5) is 16.9. The van der Waals surface area contributed by atoms with Crippen molar-refractivity contribution in [1.82, 2.24) is 14.3 Å². The number of benzene rings is 2. The van der Waals surface area contributed by atoms with E-state index in [-0.39, 0.29) is 12.5 Å². The van der Waals surface area contributed by atoms with Crippen LogP contribution in [0.4, 0.5) is 5.69 Å².